The second-order valence-corrected chi connectivity index (χ2v) is 7.49. The maximum atomic E-state index is 13.0. The lowest BCUT2D eigenvalue weighted by Crippen LogP contribution is -2.56. The minimum absolute atomic E-state index is 0.120. The molecule has 1 aromatic heterocycles. The first-order chi connectivity index (χ1) is 11.4. The van der Waals surface area contributed by atoms with E-state index in [-0.39, 0.29) is 24.7 Å². The van der Waals surface area contributed by atoms with Gasteiger partial charge in [-0.1, -0.05) is 0 Å². The Morgan fingerprint density at radius 3 is 2.96 bits per heavy atom. The molecule has 132 valence electrons. The van der Waals surface area contributed by atoms with Crippen molar-refractivity contribution >= 4 is 5.91 Å². The number of fused-ring (bicyclic) bond motifs is 1. The normalized spacial score (nSPS) is 32.5. The molecule has 0 spiro atoms. The van der Waals surface area contributed by atoms with Gasteiger partial charge in [0.1, 0.15) is 0 Å². The molecule has 2 saturated heterocycles. The SMILES string of the molecule is Cn1cc(CN2C[C@@H]3COC[C@]3(C(=O)NC3CC(F)(F)C3)C2)cn1. The number of alkyl halides is 2. The summed E-state index contributed by atoms with van der Waals surface area (Å²) in [5.74, 6) is -2.63. The van der Waals surface area contributed by atoms with Crippen LogP contribution in [-0.2, 0) is 23.1 Å². The van der Waals surface area contributed by atoms with Crippen molar-refractivity contribution in [3.63, 3.8) is 0 Å². The molecule has 1 aliphatic carbocycles. The lowest BCUT2D eigenvalue weighted by molar-refractivity contribution is -0.139. The highest BCUT2D eigenvalue weighted by Gasteiger charge is 2.57. The van der Waals surface area contributed by atoms with E-state index in [0.717, 1.165) is 18.7 Å². The molecule has 0 bridgehead atoms. The Morgan fingerprint density at radius 2 is 2.29 bits per heavy atom. The number of aryl methyl sites for hydroxylation is 1. The van der Waals surface area contributed by atoms with E-state index in [2.05, 4.69) is 15.3 Å². The van der Waals surface area contributed by atoms with Gasteiger partial charge < -0.3 is 10.1 Å². The van der Waals surface area contributed by atoms with Crippen LogP contribution in [0.5, 0.6) is 0 Å². The lowest BCUT2D eigenvalue weighted by atomic mass is 9.79. The van der Waals surface area contributed by atoms with E-state index in [1.807, 2.05) is 19.4 Å². The van der Waals surface area contributed by atoms with Crippen molar-refractivity contribution in [1.82, 2.24) is 20.0 Å². The van der Waals surface area contributed by atoms with Crippen molar-refractivity contribution in [2.75, 3.05) is 26.3 Å². The summed E-state index contributed by atoms with van der Waals surface area (Å²) in [6.45, 7) is 3.04. The minimum atomic E-state index is -2.62. The number of halogens is 2. The molecule has 2 atom stereocenters. The van der Waals surface area contributed by atoms with Crippen LogP contribution in [0.15, 0.2) is 12.4 Å². The van der Waals surface area contributed by atoms with Gasteiger partial charge in [-0.3, -0.25) is 14.4 Å². The summed E-state index contributed by atoms with van der Waals surface area (Å²) in [7, 11) is 1.87. The summed E-state index contributed by atoms with van der Waals surface area (Å²) in [5.41, 5.74) is 0.500. The average Bonchev–Trinajstić information content (AvgIpc) is 3.11. The van der Waals surface area contributed by atoms with Crippen molar-refractivity contribution in [3.05, 3.63) is 18.0 Å². The van der Waals surface area contributed by atoms with Gasteiger partial charge in [-0.05, 0) is 0 Å². The van der Waals surface area contributed by atoms with Crippen LogP contribution in [0.25, 0.3) is 0 Å². The van der Waals surface area contributed by atoms with Crippen LogP contribution in [0.3, 0.4) is 0 Å². The molecule has 6 nitrogen and oxygen atoms in total. The monoisotopic (exact) mass is 340 g/mol. The highest BCUT2D eigenvalue weighted by atomic mass is 19.3. The molecule has 0 radical (unpaired) electrons. The first kappa shape index (κ1) is 16.0. The number of aromatic nitrogens is 2. The van der Waals surface area contributed by atoms with Crippen LogP contribution < -0.4 is 5.32 Å². The molecular formula is C16H22F2N4O2. The van der Waals surface area contributed by atoms with Gasteiger partial charge in [0, 0.05) is 63.2 Å². The van der Waals surface area contributed by atoms with Crippen LogP contribution in [0.1, 0.15) is 18.4 Å². The van der Waals surface area contributed by atoms with Crippen molar-refractivity contribution in [1.29, 1.82) is 0 Å². The van der Waals surface area contributed by atoms with E-state index >= 15 is 0 Å². The second-order valence-electron chi connectivity index (χ2n) is 7.49. The van der Waals surface area contributed by atoms with E-state index in [0.29, 0.717) is 19.8 Å². The van der Waals surface area contributed by atoms with Gasteiger partial charge in [0.2, 0.25) is 5.91 Å². The summed E-state index contributed by atoms with van der Waals surface area (Å²) in [6.07, 6.45) is 3.29. The van der Waals surface area contributed by atoms with Crippen LogP contribution in [0.4, 0.5) is 8.78 Å². The summed E-state index contributed by atoms with van der Waals surface area (Å²) >= 11 is 0. The predicted octanol–water partition coefficient (Wildman–Crippen LogP) is 0.782. The van der Waals surface area contributed by atoms with E-state index in [9.17, 15) is 13.6 Å². The lowest BCUT2D eigenvalue weighted by Gasteiger charge is -2.37. The van der Waals surface area contributed by atoms with Gasteiger partial charge in [-0.25, -0.2) is 8.78 Å². The summed E-state index contributed by atoms with van der Waals surface area (Å²) in [6, 6.07) is -0.407. The van der Waals surface area contributed by atoms with Crippen LogP contribution in [0.2, 0.25) is 0 Å². The molecule has 3 fully saturated rings. The fraction of sp³-hybridized carbons (Fsp3) is 0.750. The Bertz CT molecular complexity index is 642. The topological polar surface area (TPSA) is 59.4 Å². The molecule has 2 aliphatic heterocycles. The average molecular weight is 340 g/mol. The third-order valence-electron chi connectivity index (χ3n) is 5.49. The summed E-state index contributed by atoms with van der Waals surface area (Å²) < 4.78 is 33.3. The van der Waals surface area contributed by atoms with E-state index in [4.69, 9.17) is 4.74 Å². The largest absolute Gasteiger partial charge is 0.380 e. The number of nitrogens with zero attached hydrogens (tertiary/aromatic N) is 3. The van der Waals surface area contributed by atoms with Crippen molar-refractivity contribution in [3.8, 4) is 0 Å². The predicted molar refractivity (Wildman–Crippen MR) is 81.3 cm³/mol. The molecule has 3 heterocycles. The Hall–Kier alpha value is -1.54. The first-order valence-corrected chi connectivity index (χ1v) is 8.33. The number of likely N-dealkylation sites (tertiary alicyclic amines) is 1. The van der Waals surface area contributed by atoms with Gasteiger partial charge in [0.15, 0.2) is 0 Å². The molecule has 0 unspecified atom stereocenters. The Labute approximate surface area is 139 Å². The molecule has 1 amide bonds. The number of rotatable bonds is 4. The highest BCUT2D eigenvalue weighted by molar-refractivity contribution is 5.84. The van der Waals surface area contributed by atoms with Crippen LogP contribution in [-0.4, -0.2) is 58.9 Å². The van der Waals surface area contributed by atoms with E-state index in [1.54, 1.807) is 4.68 Å². The Kier molecular flexibility index (Phi) is 3.65. The summed E-state index contributed by atoms with van der Waals surface area (Å²) in [5, 5.41) is 6.99. The van der Waals surface area contributed by atoms with Gasteiger partial charge in [0.05, 0.1) is 24.8 Å². The summed E-state index contributed by atoms with van der Waals surface area (Å²) in [4.78, 5) is 15.0. The zero-order chi connectivity index (χ0) is 16.9. The number of nitrogens with one attached hydrogen (secondary N) is 1. The zero-order valence-corrected chi connectivity index (χ0v) is 13.7. The van der Waals surface area contributed by atoms with Gasteiger partial charge in [0.25, 0.3) is 5.92 Å². The Morgan fingerprint density at radius 1 is 1.50 bits per heavy atom. The van der Waals surface area contributed by atoms with Gasteiger partial charge in [-0.15, -0.1) is 0 Å². The molecule has 1 aromatic rings. The van der Waals surface area contributed by atoms with Gasteiger partial charge >= 0.3 is 0 Å². The number of carbonyl (C=O) groups excluding carboxylic acids is 1. The molecule has 24 heavy (non-hydrogen) atoms. The smallest absolute Gasteiger partial charge is 0.252 e. The fourth-order valence-electron chi connectivity index (χ4n) is 4.19. The zero-order valence-electron chi connectivity index (χ0n) is 13.7. The first-order valence-electron chi connectivity index (χ1n) is 8.33. The third kappa shape index (κ3) is 2.71. The molecule has 8 heteroatoms. The Balaban J connectivity index is 1.41. The van der Waals surface area contributed by atoms with Crippen molar-refractivity contribution < 1.29 is 18.3 Å². The molecular weight excluding hydrogens is 318 g/mol. The van der Waals surface area contributed by atoms with Crippen molar-refractivity contribution in [2.24, 2.45) is 18.4 Å². The molecule has 4 rings (SSSR count). The minimum Gasteiger partial charge on any atom is -0.380 e. The standard InChI is InChI=1S/C16H22F2N4O2/c1-21-5-11(4-19-21)6-22-7-12-8-24-10-15(12,9-22)14(23)20-13-2-16(17,18)3-13/h4-5,12-13H,2-3,6-10H2,1H3,(H,20,23)/t12-,15-/m1/s1. The maximum absolute atomic E-state index is 13.0. The number of hydrogen-bond donors (Lipinski definition) is 1. The van der Waals surface area contributed by atoms with Crippen LogP contribution in [0, 0.1) is 11.3 Å². The highest BCUT2D eigenvalue weighted by Crippen LogP contribution is 2.43. The molecule has 0 aromatic carbocycles. The number of amides is 1. The van der Waals surface area contributed by atoms with Crippen LogP contribution >= 0.6 is 0 Å². The van der Waals surface area contributed by atoms with Crippen molar-refractivity contribution in [2.45, 2.75) is 31.4 Å². The number of ether oxygens (including phenoxy) is 1. The second kappa shape index (κ2) is 5.49. The molecule has 1 N–H and O–H groups in total. The van der Waals surface area contributed by atoms with E-state index < -0.39 is 17.4 Å². The number of hydrogen-bond acceptors (Lipinski definition) is 4. The molecule has 1 saturated carbocycles. The fourth-order valence-corrected chi connectivity index (χ4v) is 4.19. The third-order valence-corrected chi connectivity index (χ3v) is 5.49. The maximum Gasteiger partial charge on any atom is 0.252 e. The van der Waals surface area contributed by atoms with E-state index in [1.165, 1.54) is 0 Å². The molecule has 3 aliphatic rings. The van der Waals surface area contributed by atoms with Gasteiger partial charge in [-0.2, -0.15) is 5.10 Å². The number of carbonyl (C=O) groups is 1. The quantitative estimate of drug-likeness (QED) is 0.880.